The topological polar surface area (TPSA) is 57.6 Å². The molecule has 1 unspecified atom stereocenters. The van der Waals surface area contributed by atoms with Gasteiger partial charge in [0.2, 0.25) is 5.91 Å². The van der Waals surface area contributed by atoms with Crippen LogP contribution in [0, 0.1) is 11.8 Å². The van der Waals surface area contributed by atoms with E-state index in [0.29, 0.717) is 24.7 Å². The lowest BCUT2D eigenvalue weighted by molar-refractivity contribution is -0.137. The summed E-state index contributed by atoms with van der Waals surface area (Å²) in [5, 5.41) is 8.49. The molecule has 4 nitrogen and oxygen atoms in total. The summed E-state index contributed by atoms with van der Waals surface area (Å²) in [6.07, 6.45) is 2.32. The van der Waals surface area contributed by atoms with Crippen LogP contribution in [0.2, 0.25) is 0 Å². The summed E-state index contributed by atoms with van der Waals surface area (Å²) in [4.78, 5) is 23.8. The van der Waals surface area contributed by atoms with Gasteiger partial charge >= 0.3 is 5.97 Å². The number of aliphatic carboxylic acids is 1. The summed E-state index contributed by atoms with van der Waals surface area (Å²) in [7, 11) is 0. The Morgan fingerprint density at radius 1 is 1.50 bits per heavy atom. The first-order valence-corrected chi connectivity index (χ1v) is 6.00. The quantitative estimate of drug-likeness (QED) is 0.703. The maximum Gasteiger partial charge on any atom is 0.303 e. The molecule has 1 saturated heterocycles. The van der Waals surface area contributed by atoms with Crippen LogP contribution < -0.4 is 0 Å². The molecule has 0 saturated carbocycles. The summed E-state index contributed by atoms with van der Waals surface area (Å²) in [6, 6.07) is 0. The van der Waals surface area contributed by atoms with Gasteiger partial charge in [-0.1, -0.05) is 13.8 Å². The monoisotopic (exact) mass is 227 g/mol. The Morgan fingerprint density at radius 2 is 2.19 bits per heavy atom. The van der Waals surface area contributed by atoms with Crippen LogP contribution in [0.4, 0.5) is 0 Å². The average Bonchev–Trinajstić information content (AvgIpc) is 2.55. The van der Waals surface area contributed by atoms with E-state index < -0.39 is 5.97 Å². The minimum absolute atomic E-state index is 0.204. The number of likely N-dealkylation sites (tertiary alicyclic amines) is 1. The second-order valence-corrected chi connectivity index (χ2v) is 4.90. The highest BCUT2D eigenvalue weighted by Gasteiger charge is 2.30. The molecule has 1 aliphatic heterocycles. The van der Waals surface area contributed by atoms with E-state index in [-0.39, 0.29) is 12.3 Å². The van der Waals surface area contributed by atoms with E-state index in [1.165, 1.54) is 0 Å². The third kappa shape index (κ3) is 3.83. The highest BCUT2D eigenvalue weighted by molar-refractivity contribution is 5.78. The number of carbonyl (C=O) groups excluding carboxylic acids is 1. The Labute approximate surface area is 96.6 Å². The van der Waals surface area contributed by atoms with Gasteiger partial charge in [0.1, 0.15) is 0 Å². The fourth-order valence-electron chi connectivity index (χ4n) is 2.04. The number of carboxylic acids is 1. The van der Waals surface area contributed by atoms with E-state index in [1.807, 2.05) is 4.90 Å². The molecule has 0 aromatic carbocycles. The number of carboxylic acid groups (broad SMARTS) is 1. The van der Waals surface area contributed by atoms with Gasteiger partial charge in [0, 0.05) is 25.9 Å². The molecule has 4 heteroatoms. The molecular formula is C12H21NO3. The van der Waals surface area contributed by atoms with Gasteiger partial charge in [-0.05, 0) is 24.7 Å². The van der Waals surface area contributed by atoms with E-state index in [4.69, 9.17) is 5.11 Å². The molecule has 1 amide bonds. The summed E-state index contributed by atoms with van der Waals surface area (Å²) >= 11 is 0. The van der Waals surface area contributed by atoms with Crippen LogP contribution in [0.5, 0.6) is 0 Å². The van der Waals surface area contributed by atoms with E-state index in [2.05, 4.69) is 13.8 Å². The lowest BCUT2D eigenvalue weighted by Gasteiger charge is -2.17. The van der Waals surface area contributed by atoms with E-state index in [0.717, 1.165) is 19.5 Å². The molecule has 1 rings (SSSR count). The van der Waals surface area contributed by atoms with Crippen molar-refractivity contribution in [2.75, 3.05) is 13.1 Å². The number of nitrogens with zero attached hydrogens (tertiary/aromatic N) is 1. The van der Waals surface area contributed by atoms with Crippen LogP contribution in [0.15, 0.2) is 0 Å². The lowest BCUT2D eigenvalue weighted by Crippen LogP contribution is -2.26. The van der Waals surface area contributed by atoms with Gasteiger partial charge in [-0.25, -0.2) is 0 Å². The number of carbonyl (C=O) groups is 2. The molecule has 1 aliphatic rings. The average molecular weight is 227 g/mol. The van der Waals surface area contributed by atoms with Crippen molar-refractivity contribution in [1.82, 2.24) is 4.90 Å². The zero-order valence-electron chi connectivity index (χ0n) is 10.1. The van der Waals surface area contributed by atoms with Gasteiger partial charge in [0.05, 0.1) is 0 Å². The molecule has 0 radical (unpaired) electrons. The molecule has 0 bridgehead atoms. The third-order valence-electron chi connectivity index (χ3n) is 3.26. The smallest absolute Gasteiger partial charge is 0.303 e. The van der Waals surface area contributed by atoms with Gasteiger partial charge in [-0.15, -0.1) is 0 Å². The second kappa shape index (κ2) is 5.87. The fraction of sp³-hybridized carbons (Fsp3) is 0.833. The standard InChI is InChI=1S/C12H21NO3/c1-9(2)10-7-11(14)13(8-10)6-4-3-5-12(15)16/h9-10H,3-8H2,1-2H3,(H,15,16). The molecule has 16 heavy (non-hydrogen) atoms. The molecule has 92 valence electrons. The Morgan fingerprint density at radius 3 is 2.69 bits per heavy atom. The molecule has 1 fully saturated rings. The molecule has 1 heterocycles. The van der Waals surface area contributed by atoms with Crippen LogP contribution in [-0.4, -0.2) is 35.0 Å². The van der Waals surface area contributed by atoms with Crippen molar-refractivity contribution in [3.05, 3.63) is 0 Å². The lowest BCUT2D eigenvalue weighted by atomic mass is 9.95. The number of hydrogen-bond donors (Lipinski definition) is 1. The van der Waals surface area contributed by atoms with E-state index >= 15 is 0 Å². The summed E-state index contributed by atoms with van der Waals surface area (Å²) < 4.78 is 0. The van der Waals surface area contributed by atoms with Gasteiger partial charge in [-0.3, -0.25) is 9.59 Å². The number of amides is 1. The predicted molar refractivity (Wildman–Crippen MR) is 61.0 cm³/mol. The highest BCUT2D eigenvalue weighted by atomic mass is 16.4. The normalized spacial score (nSPS) is 20.8. The van der Waals surface area contributed by atoms with Crippen LogP contribution >= 0.6 is 0 Å². The minimum Gasteiger partial charge on any atom is -0.481 e. The van der Waals surface area contributed by atoms with Gasteiger partial charge < -0.3 is 10.0 Å². The second-order valence-electron chi connectivity index (χ2n) is 4.90. The van der Waals surface area contributed by atoms with Crippen LogP contribution in [0.3, 0.4) is 0 Å². The number of hydrogen-bond acceptors (Lipinski definition) is 2. The molecule has 0 aromatic rings. The largest absolute Gasteiger partial charge is 0.481 e. The molecule has 0 aromatic heterocycles. The molecule has 0 spiro atoms. The Kier molecular flexibility index (Phi) is 4.77. The van der Waals surface area contributed by atoms with Crippen molar-refractivity contribution >= 4 is 11.9 Å². The van der Waals surface area contributed by atoms with Crippen molar-refractivity contribution in [2.24, 2.45) is 11.8 Å². The maximum atomic E-state index is 11.6. The minimum atomic E-state index is -0.757. The first kappa shape index (κ1) is 13.0. The van der Waals surface area contributed by atoms with Gasteiger partial charge in [-0.2, -0.15) is 0 Å². The fourth-order valence-corrected chi connectivity index (χ4v) is 2.04. The molecule has 1 atom stereocenters. The first-order valence-electron chi connectivity index (χ1n) is 6.00. The van der Waals surface area contributed by atoms with Crippen molar-refractivity contribution in [3.63, 3.8) is 0 Å². The Hall–Kier alpha value is -1.06. The third-order valence-corrected chi connectivity index (χ3v) is 3.26. The van der Waals surface area contributed by atoms with E-state index in [9.17, 15) is 9.59 Å². The molecule has 0 aliphatic carbocycles. The van der Waals surface area contributed by atoms with Crippen LogP contribution in [0.25, 0.3) is 0 Å². The van der Waals surface area contributed by atoms with Crippen LogP contribution in [0.1, 0.15) is 39.5 Å². The van der Waals surface area contributed by atoms with Crippen molar-refractivity contribution in [2.45, 2.75) is 39.5 Å². The summed E-state index contributed by atoms with van der Waals surface area (Å²) in [5.41, 5.74) is 0. The Balaban J connectivity index is 2.23. The SMILES string of the molecule is CC(C)C1CC(=O)N(CCCCC(=O)O)C1. The highest BCUT2D eigenvalue weighted by Crippen LogP contribution is 2.24. The summed E-state index contributed by atoms with van der Waals surface area (Å²) in [6.45, 7) is 5.86. The molecular weight excluding hydrogens is 206 g/mol. The zero-order valence-corrected chi connectivity index (χ0v) is 10.1. The summed E-state index contributed by atoms with van der Waals surface area (Å²) in [5.74, 6) is 0.502. The van der Waals surface area contributed by atoms with Crippen LogP contribution in [-0.2, 0) is 9.59 Å². The van der Waals surface area contributed by atoms with E-state index in [1.54, 1.807) is 0 Å². The molecule has 1 N–H and O–H groups in total. The van der Waals surface area contributed by atoms with Crippen molar-refractivity contribution in [1.29, 1.82) is 0 Å². The number of unbranched alkanes of at least 4 members (excludes halogenated alkanes) is 1. The van der Waals surface area contributed by atoms with Crippen molar-refractivity contribution in [3.8, 4) is 0 Å². The maximum absolute atomic E-state index is 11.6. The van der Waals surface area contributed by atoms with Gasteiger partial charge in [0.25, 0.3) is 0 Å². The predicted octanol–water partition coefficient (Wildman–Crippen LogP) is 1.75. The van der Waals surface area contributed by atoms with Gasteiger partial charge in [0.15, 0.2) is 0 Å². The zero-order chi connectivity index (χ0) is 12.1. The number of rotatable bonds is 6. The Bertz CT molecular complexity index is 263. The van der Waals surface area contributed by atoms with Crippen molar-refractivity contribution < 1.29 is 14.7 Å². The first-order chi connectivity index (χ1) is 7.50.